The molecule has 0 radical (unpaired) electrons. The molecule has 0 bridgehead atoms. The van der Waals surface area contributed by atoms with Gasteiger partial charge in [-0.3, -0.25) is 9.20 Å². The second-order valence-corrected chi connectivity index (χ2v) is 6.27. The lowest BCUT2D eigenvalue weighted by atomic mass is 10.2. The van der Waals surface area contributed by atoms with Crippen LogP contribution in [0.5, 0.6) is 0 Å². The van der Waals surface area contributed by atoms with Gasteiger partial charge >= 0.3 is 5.69 Å². The minimum absolute atomic E-state index is 0.128. The van der Waals surface area contributed by atoms with Crippen LogP contribution in [0.25, 0.3) is 17.0 Å². The summed E-state index contributed by atoms with van der Waals surface area (Å²) in [5, 5.41) is 7.02. The van der Waals surface area contributed by atoms with Gasteiger partial charge in [-0.05, 0) is 12.1 Å². The number of carbonyl (C=O) groups is 1. The summed E-state index contributed by atoms with van der Waals surface area (Å²) < 4.78 is 8.50. The number of carbonyl (C=O) groups excluding carboxylic acids is 1. The standard InChI is InChI=1S/C20H19N5O3/c26-18(9-10-19-22-14-16(28-19)15-6-2-1-3-7-15)21-11-13-25-20(27)24-12-5-4-8-17(24)23-25/h1-8,12,14H,9-11,13H2,(H,21,26). The quantitative estimate of drug-likeness (QED) is 0.531. The van der Waals surface area contributed by atoms with Crippen molar-refractivity contribution in [2.75, 3.05) is 6.54 Å². The summed E-state index contributed by atoms with van der Waals surface area (Å²) in [6.07, 6.45) is 4.00. The fourth-order valence-electron chi connectivity index (χ4n) is 2.89. The van der Waals surface area contributed by atoms with E-state index in [0.717, 1.165) is 5.56 Å². The maximum Gasteiger partial charge on any atom is 0.350 e. The summed E-state index contributed by atoms with van der Waals surface area (Å²) in [4.78, 5) is 28.4. The third kappa shape index (κ3) is 3.85. The Morgan fingerprint density at radius 1 is 1.11 bits per heavy atom. The number of hydrogen-bond acceptors (Lipinski definition) is 5. The summed E-state index contributed by atoms with van der Waals surface area (Å²) in [5.41, 5.74) is 1.30. The number of hydrogen-bond donors (Lipinski definition) is 1. The molecule has 0 aliphatic carbocycles. The van der Waals surface area contributed by atoms with Crippen molar-refractivity contribution in [1.82, 2.24) is 24.5 Å². The number of amides is 1. The highest BCUT2D eigenvalue weighted by atomic mass is 16.4. The van der Waals surface area contributed by atoms with Crippen LogP contribution in [0.3, 0.4) is 0 Å². The molecule has 1 aromatic carbocycles. The Kier molecular flexibility index (Phi) is 5.01. The number of nitrogens with one attached hydrogen (secondary N) is 1. The van der Waals surface area contributed by atoms with E-state index in [0.29, 0.717) is 36.8 Å². The van der Waals surface area contributed by atoms with Crippen molar-refractivity contribution in [2.24, 2.45) is 0 Å². The number of aryl methyl sites for hydroxylation is 1. The van der Waals surface area contributed by atoms with Crippen molar-refractivity contribution >= 4 is 11.6 Å². The maximum absolute atomic E-state index is 12.2. The minimum Gasteiger partial charge on any atom is -0.441 e. The zero-order valence-electron chi connectivity index (χ0n) is 15.1. The largest absolute Gasteiger partial charge is 0.441 e. The smallest absolute Gasteiger partial charge is 0.350 e. The molecule has 1 N–H and O–H groups in total. The molecule has 1 amide bonds. The fraction of sp³-hybridized carbons (Fsp3) is 0.200. The van der Waals surface area contributed by atoms with E-state index in [-0.39, 0.29) is 18.0 Å². The molecule has 4 aromatic rings. The number of fused-ring (bicyclic) bond motifs is 1. The first-order valence-corrected chi connectivity index (χ1v) is 9.02. The van der Waals surface area contributed by atoms with Crippen LogP contribution in [0.4, 0.5) is 0 Å². The van der Waals surface area contributed by atoms with Crippen molar-refractivity contribution in [3.63, 3.8) is 0 Å². The lowest BCUT2D eigenvalue weighted by molar-refractivity contribution is -0.121. The van der Waals surface area contributed by atoms with Crippen LogP contribution < -0.4 is 11.0 Å². The monoisotopic (exact) mass is 377 g/mol. The summed E-state index contributed by atoms with van der Waals surface area (Å²) in [6, 6.07) is 15.0. The van der Waals surface area contributed by atoms with E-state index in [2.05, 4.69) is 15.4 Å². The first-order valence-electron chi connectivity index (χ1n) is 9.02. The number of pyridine rings is 1. The van der Waals surface area contributed by atoms with E-state index >= 15 is 0 Å². The lowest BCUT2D eigenvalue weighted by Crippen LogP contribution is -2.31. The summed E-state index contributed by atoms with van der Waals surface area (Å²) in [7, 11) is 0. The lowest BCUT2D eigenvalue weighted by Gasteiger charge is -2.03. The normalized spacial score (nSPS) is 11.0. The van der Waals surface area contributed by atoms with Crippen LogP contribution in [0.2, 0.25) is 0 Å². The van der Waals surface area contributed by atoms with Gasteiger partial charge in [-0.2, -0.15) is 0 Å². The molecular formula is C20H19N5O3. The Labute approximate surface area is 160 Å². The zero-order chi connectivity index (χ0) is 19.3. The van der Waals surface area contributed by atoms with Crippen molar-refractivity contribution in [1.29, 1.82) is 0 Å². The molecule has 0 aliphatic rings. The number of benzene rings is 1. The van der Waals surface area contributed by atoms with Gasteiger partial charge in [-0.15, -0.1) is 5.10 Å². The molecule has 0 atom stereocenters. The highest BCUT2D eigenvalue weighted by molar-refractivity contribution is 5.76. The first kappa shape index (κ1) is 17.7. The Hall–Kier alpha value is -3.68. The average molecular weight is 377 g/mol. The number of rotatable bonds is 7. The van der Waals surface area contributed by atoms with E-state index in [9.17, 15) is 9.59 Å². The van der Waals surface area contributed by atoms with Crippen LogP contribution in [0.1, 0.15) is 12.3 Å². The average Bonchev–Trinajstić information content (AvgIpc) is 3.33. The van der Waals surface area contributed by atoms with Crippen molar-refractivity contribution in [3.05, 3.63) is 77.3 Å². The highest BCUT2D eigenvalue weighted by Gasteiger charge is 2.10. The summed E-state index contributed by atoms with van der Waals surface area (Å²) >= 11 is 0. The molecular weight excluding hydrogens is 358 g/mol. The van der Waals surface area contributed by atoms with Crippen LogP contribution in [0, 0.1) is 0 Å². The molecule has 8 heteroatoms. The summed E-state index contributed by atoms with van der Waals surface area (Å²) in [5.74, 6) is 1.07. The molecule has 0 saturated heterocycles. The molecule has 0 fully saturated rings. The van der Waals surface area contributed by atoms with E-state index in [1.54, 1.807) is 24.5 Å². The molecule has 0 aliphatic heterocycles. The van der Waals surface area contributed by atoms with Crippen molar-refractivity contribution < 1.29 is 9.21 Å². The van der Waals surface area contributed by atoms with E-state index < -0.39 is 0 Å². The summed E-state index contributed by atoms with van der Waals surface area (Å²) in [6.45, 7) is 0.632. The molecule has 3 aromatic heterocycles. The topological polar surface area (TPSA) is 94.4 Å². The van der Waals surface area contributed by atoms with Gasteiger partial charge in [-0.25, -0.2) is 14.5 Å². The molecule has 8 nitrogen and oxygen atoms in total. The SMILES string of the molecule is O=C(CCc1ncc(-c2ccccc2)o1)NCCn1nc2ccccn2c1=O. The fourth-order valence-corrected chi connectivity index (χ4v) is 2.89. The van der Waals surface area contributed by atoms with Gasteiger partial charge in [0.1, 0.15) is 0 Å². The molecule has 4 rings (SSSR count). The maximum atomic E-state index is 12.2. The molecule has 28 heavy (non-hydrogen) atoms. The molecule has 142 valence electrons. The van der Waals surface area contributed by atoms with Gasteiger partial charge < -0.3 is 9.73 Å². The Bertz CT molecular complexity index is 1140. The van der Waals surface area contributed by atoms with Gasteiger partial charge in [0.05, 0.1) is 12.7 Å². The van der Waals surface area contributed by atoms with Crippen LogP contribution in [-0.4, -0.2) is 31.6 Å². The molecule has 3 heterocycles. The first-order chi connectivity index (χ1) is 13.7. The van der Waals surface area contributed by atoms with Crippen molar-refractivity contribution in [2.45, 2.75) is 19.4 Å². The van der Waals surface area contributed by atoms with Gasteiger partial charge in [0, 0.05) is 31.1 Å². The van der Waals surface area contributed by atoms with Crippen LogP contribution >= 0.6 is 0 Å². The zero-order valence-corrected chi connectivity index (χ0v) is 15.1. The highest BCUT2D eigenvalue weighted by Crippen LogP contribution is 2.20. The van der Waals surface area contributed by atoms with E-state index in [1.807, 2.05) is 36.4 Å². The predicted molar refractivity (Wildman–Crippen MR) is 103 cm³/mol. The van der Waals surface area contributed by atoms with Gasteiger partial charge in [-0.1, -0.05) is 36.4 Å². The Morgan fingerprint density at radius 2 is 1.93 bits per heavy atom. The predicted octanol–water partition coefficient (Wildman–Crippen LogP) is 1.90. The molecule has 0 unspecified atom stereocenters. The van der Waals surface area contributed by atoms with Crippen LogP contribution in [-0.2, 0) is 17.8 Å². The van der Waals surface area contributed by atoms with Gasteiger partial charge in [0.25, 0.3) is 0 Å². The van der Waals surface area contributed by atoms with E-state index in [1.165, 1.54) is 9.08 Å². The number of oxazole rings is 1. The van der Waals surface area contributed by atoms with Gasteiger partial charge in [0.15, 0.2) is 17.3 Å². The Balaban J connectivity index is 1.26. The third-order valence-corrected chi connectivity index (χ3v) is 4.31. The van der Waals surface area contributed by atoms with Gasteiger partial charge in [0.2, 0.25) is 5.91 Å². The van der Waals surface area contributed by atoms with Crippen LogP contribution in [0.15, 0.2) is 70.1 Å². The molecule has 0 spiro atoms. The third-order valence-electron chi connectivity index (χ3n) is 4.31. The van der Waals surface area contributed by atoms with E-state index in [4.69, 9.17) is 4.42 Å². The number of nitrogens with zero attached hydrogens (tertiary/aromatic N) is 4. The number of aromatic nitrogens is 4. The molecule has 0 saturated carbocycles. The Morgan fingerprint density at radius 3 is 2.75 bits per heavy atom. The minimum atomic E-state index is -0.224. The van der Waals surface area contributed by atoms with Crippen molar-refractivity contribution in [3.8, 4) is 11.3 Å². The second kappa shape index (κ2) is 7.91. The second-order valence-electron chi connectivity index (χ2n) is 6.27.